The molecule has 0 fully saturated rings. The third kappa shape index (κ3) is 4.79. The molecule has 5 nitrogen and oxygen atoms in total. The minimum atomic E-state index is -3.58. The average Bonchev–Trinajstić information content (AvgIpc) is 2.50. The number of sulfonamides is 1. The molecule has 0 spiro atoms. The van der Waals surface area contributed by atoms with Crippen LogP contribution in [0.15, 0.2) is 48.5 Å². The van der Waals surface area contributed by atoms with Crippen LogP contribution in [0.25, 0.3) is 0 Å². The Bertz CT molecular complexity index is 820. The van der Waals surface area contributed by atoms with Crippen molar-refractivity contribution in [3.8, 4) is 0 Å². The summed E-state index contributed by atoms with van der Waals surface area (Å²) < 4.78 is 38.0. The predicted molar refractivity (Wildman–Crippen MR) is 93.0 cm³/mol. The van der Waals surface area contributed by atoms with Gasteiger partial charge in [0, 0.05) is 18.7 Å². The Hall–Kier alpha value is -2.41. The van der Waals surface area contributed by atoms with E-state index in [1.165, 1.54) is 24.3 Å². The maximum Gasteiger partial charge on any atom is 0.232 e. The van der Waals surface area contributed by atoms with Crippen LogP contribution in [0, 0.1) is 12.7 Å². The van der Waals surface area contributed by atoms with Crippen LogP contribution in [-0.2, 0) is 14.8 Å². The van der Waals surface area contributed by atoms with Crippen LogP contribution < -0.4 is 9.62 Å². The number of nitrogens with one attached hydrogen (secondary N) is 1. The zero-order valence-corrected chi connectivity index (χ0v) is 14.3. The summed E-state index contributed by atoms with van der Waals surface area (Å²) in [5.74, 6) is -0.746. The second kappa shape index (κ2) is 7.44. The largest absolute Gasteiger partial charge is 0.326 e. The van der Waals surface area contributed by atoms with Gasteiger partial charge in [-0.3, -0.25) is 9.10 Å². The SMILES string of the molecule is Cc1ccccc1NC(=O)CCN(c1ccc(F)cc1)S(C)(=O)=O. The summed E-state index contributed by atoms with van der Waals surface area (Å²) in [5, 5.41) is 2.76. The van der Waals surface area contributed by atoms with Gasteiger partial charge in [0.15, 0.2) is 0 Å². The smallest absolute Gasteiger partial charge is 0.232 e. The molecule has 1 N–H and O–H groups in total. The highest BCUT2D eigenvalue weighted by molar-refractivity contribution is 7.92. The Labute approximate surface area is 141 Å². The molecule has 2 aromatic rings. The van der Waals surface area contributed by atoms with Gasteiger partial charge in [-0.05, 0) is 42.8 Å². The molecule has 0 atom stereocenters. The van der Waals surface area contributed by atoms with E-state index in [4.69, 9.17) is 0 Å². The molecule has 0 radical (unpaired) electrons. The summed E-state index contributed by atoms with van der Waals surface area (Å²) >= 11 is 0. The van der Waals surface area contributed by atoms with E-state index in [2.05, 4.69) is 5.32 Å². The maximum atomic E-state index is 13.0. The van der Waals surface area contributed by atoms with Crippen molar-refractivity contribution >= 4 is 27.3 Å². The minimum absolute atomic E-state index is 0.0151. The van der Waals surface area contributed by atoms with Gasteiger partial charge >= 0.3 is 0 Å². The van der Waals surface area contributed by atoms with Gasteiger partial charge in [0.05, 0.1) is 11.9 Å². The summed E-state index contributed by atoms with van der Waals surface area (Å²) in [6.07, 6.45) is 1.04. The molecule has 0 aliphatic rings. The van der Waals surface area contributed by atoms with Crippen LogP contribution in [-0.4, -0.2) is 27.1 Å². The lowest BCUT2D eigenvalue weighted by Gasteiger charge is -2.22. The second-order valence-corrected chi connectivity index (χ2v) is 7.33. The lowest BCUT2D eigenvalue weighted by atomic mass is 10.2. The highest BCUT2D eigenvalue weighted by atomic mass is 32.2. The minimum Gasteiger partial charge on any atom is -0.326 e. The number of carbonyl (C=O) groups is 1. The molecule has 0 bridgehead atoms. The standard InChI is InChI=1S/C17H19FN2O3S/c1-13-5-3-4-6-16(13)19-17(21)11-12-20(24(2,22)23)15-9-7-14(18)8-10-15/h3-10H,11-12H2,1-2H3,(H,19,21). The quantitative estimate of drug-likeness (QED) is 0.871. The normalized spacial score (nSPS) is 11.1. The van der Waals surface area contributed by atoms with Crippen LogP contribution >= 0.6 is 0 Å². The topological polar surface area (TPSA) is 66.5 Å². The Morgan fingerprint density at radius 3 is 2.33 bits per heavy atom. The molecular formula is C17H19FN2O3S. The monoisotopic (exact) mass is 350 g/mol. The van der Waals surface area contributed by atoms with Crippen LogP contribution in [0.4, 0.5) is 15.8 Å². The molecule has 0 heterocycles. The number of hydrogen-bond acceptors (Lipinski definition) is 3. The highest BCUT2D eigenvalue weighted by Gasteiger charge is 2.18. The molecule has 7 heteroatoms. The number of para-hydroxylation sites is 1. The number of anilines is 2. The fourth-order valence-corrected chi connectivity index (χ4v) is 3.15. The predicted octanol–water partition coefficient (Wildman–Crippen LogP) is 2.93. The van der Waals surface area contributed by atoms with Gasteiger partial charge < -0.3 is 5.32 Å². The van der Waals surface area contributed by atoms with Crippen LogP contribution in [0.5, 0.6) is 0 Å². The Morgan fingerprint density at radius 1 is 1.12 bits per heavy atom. The zero-order valence-electron chi connectivity index (χ0n) is 13.5. The molecule has 24 heavy (non-hydrogen) atoms. The first-order valence-electron chi connectivity index (χ1n) is 7.36. The Kier molecular flexibility index (Phi) is 5.56. The summed E-state index contributed by atoms with van der Waals surface area (Å²) in [4.78, 5) is 12.1. The van der Waals surface area contributed by atoms with Crippen LogP contribution in [0.1, 0.15) is 12.0 Å². The fourth-order valence-electron chi connectivity index (χ4n) is 2.22. The van der Waals surface area contributed by atoms with E-state index in [1.54, 1.807) is 6.07 Å². The molecule has 1 amide bonds. The van der Waals surface area contributed by atoms with Gasteiger partial charge in [0.1, 0.15) is 5.82 Å². The van der Waals surface area contributed by atoms with Crippen LogP contribution in [0.2, 0.25) is 0 Å². The molecule has 2 aromatic carbocycles. The van der Waals surface area contributed by atoms with Gasteiger partial charge in [-0.25, -0.2) is 12.8 Å². The molecule has 0 aromatic heterocycles. The number of aryl methyl sites for hydroxylation is 1. The molecule has 0 aliphatic carbocycles. The first kappa shape index (κ1) is 17.9. The van der Waals surface area contributed by atoms with Crippen molar-refractivity contribution in [1.29, 1.82) is 0 Å². The van der Waals surface area contributed by atoms with E-state index in [0.29, 0.717) is 11.4 Å². The van der Waals surface area contributed by atoms with Crippen molar-refractivity contribution in [3.05, 3.63) is 59.9 Å². The van der Waals surface area contributed by atoms with Crippen molar-refractivity contribution in [3.63, 3.8) is 0 Å². The number of benzene rings is 2. The number of amides is 1. The third-order valence-corrected chi connectivity index (χ3v) is 4.67. The lowest BCUT2D eigenvalue weighted by Crippen LogP contribution is -2.33. The van der Waals surface area contributed by atoms with Crippen molar-refractivity contribution in [1.82, 2.24) is 0 Å². The van der Waals surface area contributed by atoms with E-state index < -0.39 is 15.8 Å². The van der Waals surface area contributed by atoms with Crippen LogP contribution in [0.3, 0.4) is 0 Å². The van der Waals surface area contributed by atoms with Crippen molar-refractivity contribution in [2.75, 3.05) is 22.4 Å². The molecule has 0 unspecified atom stereocenters. The van der Waals surface area contributed by atoms with Crippen molar-refractivity contribution in [2.45, 2.75) is 13.3 Å². The Balaban J connectivity index is 2.07. The van der Waals surface area contributed by atoms with Gasteiger partial charge in [-0.15, -0.1) is 0 Å². The number of nitrogens with zero attached hydrogens (tertiary/aromatic N) is 1. The van der Waals surface area contributed by atoms with E-state index in [9.17, 15) is 17.6 Å². The second-order valence-electron chi connectivity index (χ2n) is 5.42. The molecule has 0 saturated heterocycles. The summed E-state index contributed by atoms with van der Waals surface area (Å²) in [5.41, 5.74) is 1.93. The zero-order chi connectivity index (χ0) is 17.7. The lowest BCUT2D eigenvalue weighted by molar-refractivity contribution is -0.116. The molecule has 128 valence electrons. The third-order valence-electron chi connectivity index (χ3n) is 3.48. The number of rotatable bonds is 6. The maximum absolute atomic E-state index is 13.0. The van der Waals surface area contributed by atoms with Crippen molar-refractivity contribution < 1.29 is 17.6 Å². The molecule has 0 aliphatic heterocycles. The number of carbonyl (C=O) groups excluding carboxylic acids is 1. The average molecular weight is 350 g/mol. The molecule has 0 saturated carbocycles. The first-order valence-corrected chi connectivity index (χ1v) is 9.21. The number of halogens is 1. The van der Waals surface area contributed by atoms with Gasteiger partial charge in [0.2, 0.25) is 15.9 Å². The Morgan fingerprint density at radius 2 is 1.75 bits per heavy atom. The fraction of sp³-hybridized carbons (Fsp3) is 0.235. The van der Waals surface area contributed by atoms with E-state index in [1.807, 2.05) is 25.1 Å². The molecular weight excluding hydrogens is 331 g/mol. The van der Waals surface area contributed by atoms with Crippen molar-refractivity contribution in [2.24, 2.45) is 0 Å². The summed E-state index contributed by atoms with van der Waals surface area (Å²) in [7, 11) is -3.58. The number of hydrogen-bond donors (Lipinski definition) is 1. The summed E-state index contributed by atoms with van der Waals surface area (Å²) in [6.45, 7) is 1.85. The van der Waals surface area contributed by atoms with E-state index in [-0.39, 0.29) is 18.9 Å². The first-order chi connectivity index (χ1) is 11.3. The van der Waals surface area contributed by atoms with Gasteiger partial charge in [-0.2, -0.15) is 0 Å². The summed E-state index contributed by atoms with van der Waals surface area (Å²) in [6, 6.07) is 12.4. The van der Waals surface area contributed by atoms with Gasteiger partial charge in [-0.1, -0.05) is 18.2 Å². The van der Waals surface area contributed by atoms with E-state index >= 15 is 0 Å². The van der Waals surface area contributed by atoms with E-state index in [0.717, 1.165) is 16.1 Å². The molecule has 2 rings (SSSR count). The highest BCUT2D eigenvalue weighted by Crippen LogP contribution is 2.19. The van der Waals surface area contributed by atoms with Gasteiger partial charge in [0.25, 0.3) is 0 Å².